The third kappa shape index (κ3) is 4.96. The smallest absolute Gasteiger partial charge is 0.132 e. The molecule has 10 aromatic carbocycles. The van der Waals surface area contributed by atoms with Crippen molar-refractivity contribution in [3.8, 4) is 44.9 Å². The summed E-state index contributed by atoms with van der Waals surface area (Å²) in [4.78, 5) is 5.08. The fourth-order valence-corrected chi connectivity index (χ4v) is 13.0. The highest BCUT2D eigenvalue weighted by Gasteiger charge is 2.52. The first kappa shape index (κ1) is 36.6. The highest BCUT2D eigenvalue weighted by Crippen LogP contribution is 2.65. The number of rotatable bonds is 4. The first-order valence-electron chi connectivity index (χ1n) is 22.4. The summed E-state index contributed by atoms with van der Waals surface area (Å²) in [6.07, 6.45) is 0. The second-order valence-electron chi connectivity index (χ2n) is 17.5. The topological polar surface area (TPSA) is 12.5 Å². The molecule has 65 heavy (non-hydrogen) atoms. The predicted octanol–water partition coefficient (Wildman–Crippen LogP) is 16.1. The molecule has 0 saturated carbocycles. The van der Waals surface area contributed by atoms with E-state index in [2.05, 4.69) is 241 Å². The molecule has 3 heteroatoms. The van der Waals surface area contributed by atoms with Crippen molar-refractivity contribution in [3.05, 3.63) is 281 Å². The van der Waals surface area contributed by atoms with Crippen LogP contribution >= 0.6 is 11.8 Å². The van der Waals surface area contributed by atoms with Crippen LogP contribution in [0.4, 0.5) is 17.1 Å². The molecule has 0 atom stereocenters. The quantitative estimate of drug-likeness (QED) is 0.175. The maximum absolute atomic E-state index is 6.71. The van der Waals surface area contributed by atoms with E-state index in [0.717, 1.165) is 39.7 Å². The zero-order chi connectivity index (χ0) is 42.7. The Morgan fingerprint density at radius 2 is 0.723 bits per heavy atom. The van der Waals surface area contributed by atoms with Crippen LogP contribution < -0.4 is 9.64 Å². The van der Waals surface area contributed by atoms with Crippen LogP contribution in [0.2, 0.25) is 0 Å². The minimum atomic E-state index is -0.584. The lowest BCUT2D eigenvalue weighted by Gasteiger charge is -2.40. The lowest BCUT2D eigenvalue weighted by atomic mass is 9.66. The van der Waals surface area contributed by atoms with Gasteiger partial charge in [0, 0.05) is 38.0 Å². The summed E-state index contributed by atoms with van der Waals surface area (Å²) in [5.74, 6) is 1.78. The number of hydrogen-bond donors (Lipinski definition) is 0. The maximum atomic E-state index is 6.71. The first-order valence-corrected chi connectivity index (χ1v) is 23.2. The Bertz CT molecular complexity index is 3480. The van der Waals surface area contributed by atoms with Gasteiger partial charge in [0.05, 0.1) is 10.8 Å². The summed E-state index contributed by atoms with van der Waals surface area (Å²) < 4.78 is 6.71. The van der Waals surface area contributed by atoms with Crippen LogP contribution in [0.5, 0.6) is 11.5 Å². The number of nitrogens with zero attached hydrogens (tertiary/aromatic N) is 1. The van der Waals surface area contributed by atoms with E-state index < -0.39 is 10.8 Å². The SMILES string of the molecule is c1ccc(-c2ccc(N(c3ccc4c(c3)-c3ccccc3C43c4ccccc4Sc4ccccc43)c3ccc4c(c3)C3(c5ccccc5Oc5ccccc53)c3ccccc3-4)cc2)cc1. The van der Waals surface area contributed by atoms with E-state index >= 15 is 0 Å². The van der Waals surface area contributed by atoms with Gasteiger partial charge < -0.3 is 9.64 Å². The van der Waals surface area contributed by atoms with E-state index in [9.17, 15) is 0 Å². The number of para-hydroxylation sites is 2. The largest absolute Gasteiger partial charge is 0.457 e. The van der Waals surface area contributed by atoms with Crippen molar-refractivity contribution >= 4 is 28.8 Å². The molecule has 2 spiro atoms. The van der Waals surface area contributed by atoms with E-state index in [0.29, 0.717) is 0 Å². The van der Waals surface area contributed by atoms with Crippen LogP contribution in [0.3, 0.4) is 0 Å². The Morgan fingerprint density at radius 3 is 1.37 bits per heavy atom. The Labute approximate surface area is 383 Å². The summed E-state index contributed by atoms with van der Waals surface area (Å²) in [7, 11) is 0. The molecule has 0 amide bonds. The second-order valence-corrected chi connectivity index (χ2v) is 18.6. The van der Waals surface area contributed by atoms with E-state index in [-0.39, 0.29) is 0 Å². The molecule has 0 fully saturated rings. The highest BCUT2D eigenvalue weighted by atomic mass is 32.2. The van der Waals surface area contributed by atoms with Crippen LogP contribution in [0, 0.1) is 0 Å². The van der Waals surface area contributed by atoms with E-state index in [1.807, 2.05) is 11.8 Å². The molecule has 0 unspecified atom stereocenters. The molecular weight excluding hydrogens is 807 g/mol. The van der Waals surface area contributed by atoms with Gasteiger partial charge in [-0.3, -0.25) is 0 Å². The van der Waals surface area contributed by atoms with E-state index in [1.165, 1.54) is 76.6 Å². The van der Waals surface area contributed by atoms with Gasteiger partial charge >= 0.3 is 0 Å². The predicted molar refractivity (Wildman–Crippen MR) is 265 cm³/mol. The van der Waals surface area contributed by atoms with Crippen LogP contribution in [0.15, 0.2) is 246 Å². The molecule has 2 heterocycles. The van der Waals surface area contributed by atoms with Gasteiger partial charge in [-0.25, -0.2) is 0 Å². The molecule has 10 aromatic rings. The molecule has 0 radical (unpaired) electrons. The lowest BCUT2D eigenvalue weighted by Crippen LogP contribution is -2.32. The van der Waals surface area contributed by atoms with Crippen LogP contribution in [0.1, 0.15) is 44.5 Å². The highest BCUT2D eigenvalue weighted by molar-refractivity contribution is 7.99. The average molecular weight is 846 g/mol. The normalized spacial score (nSPS) is 14.5. The summed E-state index contributed by atoms with van der Waals surface area (Å²) in [5.41, 5.74) is 19.9. The van der Waals surface area contributed by atoms with Crippen LogP contribution in [-0.2, 0) is 10.8 Å². The lowest BCUT2D eigenvalue weighted by molar-refractivity contribution is 0.436. The molecule has 2 aliphatic carbocycles. The van der Waals surface area contributed by atoms with Gasteiger partial charge in [-0.15, -0.1) is 0 Å². The third-order valence-corrected chi connectivity index (χ3v) is 15.6. The number of benzene rings is 10. The summed E-state index contributed by atoms with van der Waals surface area (Å²) in [5, 5.41) is 0. The van der Waals surface area contributed by atoms with Crippen molar-refractivity contribution in [3.63, 3.8) is 0 Å². The van der Waals surface area contributed by atoms with Gasteiger partial charge in [0.1, 0.15) is 11.5 Å². The number of fused-ring (bicyclic) bond motifs is 18. The van der Waals surface area contributed by atoms with Crippen molar-refractivity contribution in [2.24, 2.45) is 0 Å². The molecule has 0 saturated heterocycles. The van der Waals surface area contributed by atoms with Gasteiger partial charge in [0.15, 0.2) is 0 Å². The molecule has 2 aliphatic heterocycles. The van der Waals surface area contributed by atoms with Crippen LogP contribution in [0.25, 0.3) is 33.4 Å². The van der Waals surface area contributed by atoms with Crippen molar-refractivity contribution < 1.29 is 4.74 Å². The number of ether oxygens (including phenoxy) is 1. The Morgan fingerprint density at radius 1 is 0.292 bits per heavy atom. The number of hydrogen-bond acceptors (Lipinski definition) is 3. The van der Waals surface area contributed by atoms with Crippen molar-refractivity contribution in [1.82, 2.24) is 0 Å². The first-order chi connectivity index (χ1) is 32.2. The van der Waals surface area contributed by atoms with Crippen molar-refractivity contribution in [1.29, 1.82) is 0 Å². The van der Waals surface area contributed by atoms with E-state index in [4.69, 9.17) is 4.74 Å². The van der Waals surface area contributed by atoms with E-state index in [1.54, 1.807) is 0 Å². The Balaban J connectivity index is 1.02. The minimum Gasteiger partial charge on any atom is -0.457 e. The van der Waals surface area contributed by atoms with Gasteiger partial charge in [0.25, 0.3) is 0 Å². The molecular formula is C62H39NOS. The zero-order valence-corrected chi connectivity index (χ0v) is 36.1. The summed E-state index contributed by atoms with van der Waals surface area (Å²) >= 11 is 1.88. The standard InChI is InChI=1S/C62H39NOS/c1-2-16-40(17-3-1)41-30-32-42(33-31-41)63(43-35-37-51-48(38-43)46-19-5-7-21-50(46)61(51)54-24-10-14-28-59(54)65-60-29-15-11-25-55(60)61)44-34-36-47-45-18-4-6-20-49(45)62(56(47)39-44)52-22-8-12-26-57(52)64-58-27-13-9-23-53(58)62/h1-39H. The van der Waals surface area contributed by atoms with Crippen molar-refractivity contribution in [2.45, 2.75) is 20.6 Å². The molecule has 304 valence electrons. The molecule has 2 nitrogen and oxygen atoms in total. The summed E-state index contributed by atoms with van der Waals surface area (Å²) in [6, 6.07) is 87.5. The molecule has 14 rings (SSSR count). The van der Waals surface area contributed by atoms with Gasteiger partial charge in [0.2, 0.25) is 0 Å². The fraction of sp³-hybridized carbons (Fsp3) is 0.0323. The average Bonchev–Trinajstić information content (AvgIpc) is 3.82. The molecule has 4 aliphatic rings. The van der Waals surface area contributed by atoms with Crippen LogP contribution in [-0.4, -0.2) is 0 Å². The third-order valence-electron chi connectivity index (χ3n) is 14.4. The van der Waals surface area contributed by atoms with Crippen molar-refractivity contribution in [2.75, 3.05) is 4.90 Å². The molecule has 0 bridgehead atoms. The zero-order valence-electron chi connectivity index (χ0n) is 35.3. The molecule has 0 aromatic heterocycles. The minimum absolute atomic E-state index is 0.444. The monoisotopic (exact) mass is 845 g/mol. The van der Waals surface area contributed by atoms with Gasteiger partial charge in [-0.1, -0.05) is 188 Å². The van der Waals surface area contributed by atoms with Gasteiger partial charge in [-0.05, 0) is 127 Å². The Hall–Kier alpha value is -7.85. The number of anilines is 3. The second kappa shape index (κ2) is 13.8. The van der Waals surface area contributed by atoms with Gasteiger partial charge in [-0.2, -0.15) is 0 Å². The fourth-order valence-electron chi connectivity index (χ4n) is 11.8. The summed E-state index contributed by atoms with van der Waals surface area (Å²) in [6.45, 7) is 0. The maximum Gasteiger partial charge on any atom is 0.132 e. The molecule has 0 N–H and O–H groups in total. The Kier molecular flexibility index (Phi) is 7.79.